The second-order valence-electron chi connectivity index (χ2n) is 6.75. The molecule has 2 aromatic heterocycles. The van der Waals surface area contributed by atoms with Crippen molar-refractivity contribution in [3.63, 3.8) is 0 Å². The van der Waals surface area contributed by atoms with Crippen molar-refractivity contribution >= 4 is 28.8 Å². The molecule has 0 saturated heterocycles. The number of rotatable bonds is 2. The van der Waals surface area contributed by atoms with Gasteiger partial charge in [0.1, 0.15) is 5.82 Å². The van der Waals surface area contributed by atoms with Crippen LogP contribution in [-0.4, -0.2) is 21.6 Å². The third-order valence-electron chi connectivity index (χ3n) is 4.59. The molecule has 4 rings (SSSR count). The van der Waals surface area contributed by atoms with Crippen LogP contribution in [0.3, 0.4) is 0 Å². The van der Waals surface area contributed by atoms with Crippen LogP contribution < -0.4 is 10.6 Å². The van der Waals surface area contributed by atoms with Crippen LogP contribution in [0, 0.1) is 18.8 Å². The van der Waals surface area contributed by atoms with E-state index in [1.54, 1.807) is 24.5 Å². The fourth-order valence-electron chi connectivity index (χ4n) is 3.16. The van der Waals surface area contributed by atoms with Gasteiger partial charge in [-0.25, -0.2) is 4.98 Å². The van der Waals surface area contributed by atoms with E-state index in [9.17, 15) is 5.11 Å². The van der Waals surface area contributed by atoms with E-state index in [0.717, 1.165) is 39.8 Å². The molecular weight excluding hydrogens is 356 g/mol. The van der Waals surface area contributed by atoms with E-state index in [-0.39, 0.29) is 5.95 Å². The first kappa shape index (κ1) is 17.5. The van der Waals surface area contributed by atoms with Crippen molar-refractivity contribution in [3.8, 4) is 11.8 Å². The molecule has 3 N–H and O–H groups in total. The third-order valence-corrected chi connectivity index (χ3v) is 5.80. The highest BCUT2D eigenvalue weighted by Gasteiger charge is 2.23. The number of aliphatic hydroxyl groups is 1. The summed E-state index contributed by atoms with van der Waals surface area (Å²) in [7, 11) is 0. The van der Waals surface area contributed by atoms with Gasteiger partial charge in [0.25, 0.3) is 0 Å². The number of hydrogen-bond donors (Lipinski definition) is 2. The number of fused-ring (bicyclic) bond motifs is 1. The molecule has 0 aliphatic carbocycles. The minimum absolute atomic E-state index is 0.263. The number of aryl methyl sites for hydroxylation is 1. The summed E-state index contributed by atoms with van der Waals surface area (Å²) in [4.78, 5) is 12.4. The van der Waals surface area contributed by atoms with Crippen LogP contribution in [-0.2, 0) is 12.0 Å². The average Bonchev–Trinajstić information content (AvgIpc) is 3.26. The average molecular weight is 376 g/mol. The van der Waals surface area contributed by atoms with Crippen molar-refractivity contribution in [2.24, 2.45) is 0 Å². The number of aromatic nitrogens is 2. The van der Waals surface area contributed by atoms with Crippen LogP contribution in [0.4, 0.5) is 17.5 Å². The summed E-state index contributed by atoms with van der Waals surface area (Å²) in [6.45, 7) is 4.59. The van der Waals surface area contributed by atoms with Gasteiger partial charge >= 0.3 is 0 Å². The SMILES string of the molecule is Cc1ccc(C(C)(O)C#Cc2ccc3c(c2)N(c2ccnc(N)n2)CC3)s1. The standard InChI is InChI=1S/C21H20N4OS/c1-14-3-6-18(27-14)21(2,26)10-7-15-4-5-16-9-12-25(17(16)13-15)19-8-11-23-20(22)24-19/h3-6,8,11,13,26H,9,12H2,1-2H3,(H2,22,23,24). The molecule has 3 aromatic rings. The summed E-state index contributed by atoms with van der Waals surface area (Å²) in [6.07, 6.45) is 2.61. The van der Waals surface area contributed by atoms with Gasteiger partial charge in [0, 0.05) is 33.7 Å². The molecule has 0 fully saturated rings. The topological polar surface area (TPSA) is 75.3 Å². The van der Waals surface area contributed by atoms with Crippen molar-refractivity contribution in [3.05, 3.63) is 63.5 Å². The normalized spacial score (nSPS) is 15.0. The number of anilines is 3. The molecule has 0 saturated carbocycles. The molecule has 0 bridgehead atoms. The lowest BCUT2D eigenvalue weighted by Crippen LogP contribution is -2.16. The lowest BCUT2D eigenvalue weighted by atomic mass is 10.0. The largest absolute Gasteiger partial charge is 0.373 e. The Kier molecular flexibility index (Phi) is 4.34. The molecule has 1 unspecified atom stereocenters. The Balaban J connectivity index is 1.65. The van der Waals surface area contributed by atoms with E-state index in [0.29, 0.717) is 0 Å². The Hall–Kier alpha value is -2.88. The fourth-order valence-corrected chi connectivity index (χ4v) is 4.03. The summed E-state index contributed by atoms with van der Waals surface area (Å²) >= 11 is 1.56. The van der Waals surface area contributed by atoms with Gasteiger partial charge < -0.3 is 15.7 Å². The van der Waals surface area contributed by atoms with Gasteiger partial charge in [-0.15, -0.1) is 11.3 Å². The number of benzene rings is 1. The molecule has 1 atom stereocenters. The molecule has 0 radical (unpaired) electrons. The number of nitrogen functional groups attached to an aromatic ring is 1. The lowest BCUT2D eigenvalue weighted by molar-refractivity contribution is 0.126. The Morgan fingerprint density at radius 1 is 1.26 bits per heavy atom. The van der Waals surface area contributed by atoms with Gasteiger partial charge in [0.2, 0.25) is 5.95 Å². The molecule has 6 heteroatoms. The number of nitrogens with two attached hydrogens (primary N) is 1. The van der Waals surface area contributed by atoms with E-state index < -0.39 is 5.60 Å². The van der Waals surface area contributed by atoms with Gasteiger partial charge in [-0.3, -0.25) is 0 Å². The van der Waals surface area contributed by atoms with Gasteiger partial charge in [0.15, 0.2) is 5.60 Å². The molecule has 0 amide bonds. The van der Waals surface area contributed by atoms with E-state index in [2.05, 4.69) is 32.8 Å². The summed E-state index contributed by atoms with van der Waals surface area (Å²) in [5.41, 5.74) is 7.74. The maximum absolute atomic E-state index is 10.7. The quantitative estimate of drug-likeness (QED) is 0.671. The van der Waals surface area contributed by atoms with Gasteiger partial charge in [-0.05, 0) is 56.2 Å². The Morgan fingerprint density at radius 3 is 2.85 bits per heavy atom. The van der Waals surface area contributed by atoms with Crippen molar-refractivity contribution < 1.29 is 5.11 Å². The van der Waals surface area contributed by atoms with Crippen molar-refractivity contribution in [1.82, 2.24) is 9.97 Å². The maximum atomic E-state index is 10.7. The predicted octanol–water partition coefficient (Wildman–Crippen LogP) is 3.38. The van der Waals surface area contributed by atoms with Gasteiger partial charge in [0.05, 0.1) is 0 Å². The Morgan fingerprint density at radius 2 is 2.11 bits per heavy atom. The van der Waals surface area contributed by atoms with Crippen LogP contribution in [0.15, 0.2) is 42.6 Å². The van der Waals surface area contributed by atoms with Crippen LogP contribution in [0.5, 0.6) is 0 Å². The highest BCUT2D eigenvalue weighted by atomic mass is 32.1. The number of thiophene rings is 1. The third kappa shape index (κ3) is 3.52. The highest BCUT2D eigenvalue weighted by molar-refractivity contribution is 7.12. The number of nitrogens with zero attached hydrogens (tertiary/aromatic N) is 3. The second-order valence-corrected chi connectivity index (χ2v) is 8.04. The van der Waals surface area contributed by atoms with E-state index >= 15 is 0 Å². The van der Waals surface area contributed by atoms with Crippen LogP contribution in [0.1, 0.15) is 27.8 Å². The molecule has 5 nitrogen and oxygen atoms in total. The first-order valence-electron chi connectivity index (χ1n) is 8.74. The van der Waals surface area contributed by atoms with Crippen LogP contribution >= 0.6 is 11.3 Å². The molecule has 27 heavy (non-hydrogen) atoms. The van der Waals surface area contributed by atoms with Crippen molar-refractivity contribution in [1.29, 1.82) is 0 Å². The highest BCUT2D eigenvalue weighted by Crippen LogP contribution is 2.34. The minimum atomic E-state index is -1.17. The smallest absolute Gasteiger partial charge is 0.221 e. The number of hydrogen-bond acceptors (Lipinski definition) is 6. The Labute approximate surface area is 162 Å². The Bertz CT molecular complexity index is 1060. The first-order valence-corrected chi connectivity index (χ1v) is 9.55. The van der Waals surface area contributed by atoms with Crippen molar-refractivity contribution in [2.75, 3.05) is 17.2 Å². The zero-order valence-electron chi connectivity index (χ0n) is 15.2. The van der Waals surface area contributed by atoms with Crippen molar-refractivity contribution in [2.45, 2.75) is 25.9 Å². The summed E-state index contributed by atoms with van der Waals surface area (Å²) in [6, 6.07) is 11.9. The molecule has 1 aliphatic heterocycles. The summed E-state index contributed by atoms with van der Waals surface area (Å²) < 4.78 is 0. The first-order chi connectivity index (χ1) is 12.9. The maximum Gasteiger partial charge on any atom is 0.221 e. The van der Waals surface area contributed by atoms with Gasteiger partial charge in [-0.2, -0.15) is 4.98 Å². The molecular formula is C21H20N4OS. The fraction of sp³-hybridized carbons (Fsp3) is 0.238. The second kappa shape index (κ2) is 6.69. The molecule has 3 heterocycles. The van der Waals surface area contributed by atoms with E-state index in [1.165, 1.54) is 5.56 Å². The lowest BCUT2D eigenvalue weighted by Gasteiger charge is -2.18. The van der Waals surface area contributed by atoms with E-state index in [1.807, 2.05) is 37.3 Å². The van der Waals surface area contributed by atoms with Gasteiger partial charge in [-0.1, -0.05) is 17.9 Å². The molecule has 0 spiro atoms. The predicted molar refractivity (Wildman–Crippen MR) is 109 cm³/mol. The monoisotopic (exact) mass is 376 g/mol. The van der Waals surface area contributed by atoms with Crippen LogP contribution in [0.25, 0.3) is 0 Å². The molecule has 136 valence electrons. The minimum Gasteiger partial charge on any atom is -0.373 e. The zero-order valence-corrected chi connectivity index (χ0v) is 16.0. The zero-order chi connectivity index (χ0) is 19.0. The van der Waals surface area contributed by atoms with E-state index in [4.69, 9.17) is 5.73 Å². The summed E-state index contributed by atoms with van der Waals surface area (Å²) in [5.74, 6) is 7.19. The molecule has 1 aromatic carbocycles. The molecule has 1 aliphatic rings. The summed E-state index contributed by atoms with van der Waals surface area (Å²) in [5, 5.41) is 10.7. The van der Waals surface area contributed by atoms with Crippen LogP contribution in [0.2, 0.25) is 0 Å².